The molecule has 108 valence electrons. The summed E-state index contributed by atoms with van der Waals surface area (Å²) in [7, 11) is 0. The van der Waals surface area contributed by atoms with Crippen molar-refractivity contribution in [3.63, 3.8) is 0 Å². The molecule has 0 rings (SSSR count). The number of carbonyl (C=O) groups excluding carboxylic acids is 1. The van der Waals surface area contributed by atoms with Crippen molar-refractivity contribution in [2.75, 3.05) is 19.8 Å². The lowest BCUT2D eigenvalue weighted by Gasteiger charge is -2.42. The minimum atomic E-state index is -0.533. The summed E-state index contributed by atoms with van der Waals surface area (Å²) >= 11 is 0. The highest BCUT2D eigenvalue weighted by Crippen LogP contribution is 2.44. The average molecular weight is 258 g/mol. The molecule has 0 radical (unpaired) electrons. The average Bonchev–Trinajstić information content (AvgIpc) is 2.28. The Hall–Kier alpha value is -0.570. The number of ether oxygens (including phenoxy) is 2. The molecule has 0 aliphatic heterocycles. The van der Waals surface area contributed by atoms with Gasteiger partial charge in [-0.15, -0.1) is 0 Å². The van der Waals surface area contributed by atoms with Gasteiger partial charge in [0.15, 0.2) is 0 Å². The van der Waals surface area contributed by atoms with Crippen molar-refractivity contribution in [2.24, 2.45) is 10.8 Å². The van der Waals surface area contributed by atoms with Gasteiger partial charge >= 0.3 is 5.97 Å². The van der Waals surface area contributed by atoms with Crippen LogP contribution in [0.25, 0.3) is 0 Å². The number of carbonyl (C=O) groups is 1. The highest BCUT2D eigenvalue weighted by Gasteiger charge is 2.49. The van der Waals surface area contributed by atoms with Crippen LogP contribution in [0.5, 0.6) is 0 Å². The maximum absolute atomic E-state index is 12.4. The molecule has 0 fully saturated rings. The molecule has 0 aliphatic carbocycles. The Kier molecular flexibility index (Phi) is 7.53. The third-order valence-electron chi connectivity index (χ3n) is 3.61. The van der Waals surface area contributed by atoms with E-state index in [-0.39, 0.29) is 11.4 Å². The molecule has 1 atom stereocenters. The summed E-state index contributed by atoms with van der Waals surface area (Å²) in [6.45, 7) is 13.7. The molecule has 0 N–H and O–H groups in total. The van der Waals surface area contributed by atoms with Gasteiger partial charge in [0.1, 0.15) is 0 Å². The third-order valence-corrected chi connectivity index (χ3v) is 3.61. The lowest BCUT2D eigenvalue weighted by molar-refractivity contribution is -0.170. The number of unbranched alkanes of at least 4 members (excludes halogenated alkanes) is 1. The second kappa shape index (κ2) is 7.78. The number of hydrogen-bond donors (Lipinski definition) is 0. The smallest absolute Gasteiger partial charge is 0.314 e. The van der Waals surface area contributed by atoms with Crippen molar-refractivity contribution in [2.45, 2.75) is 60.8 Å². The summed E-state index contributed by atoms with van der Waals surface area (Å²) in [5.41, 5.74) is -0.696. The van der Waals surface area contributed by atoms with E-state index in [0.717, 1.165) is 19.3 Å². The molecule has 0 aliphatic rings. The van der Waals surface area contributed by atoms with Crippen LogP contribution >= 0.6 is 0 Å². The molecule has 0 spiro atoms. The van der Waals surface area contributed by atoms with Gasteiger partial charge in [0.05, 0.1) is 18.6 Å². The topological polar surface area (TPSA) is 35.5 Å². The van der Waals surface area contributed by atoms with E-state index < -0.39 is 5.41 Å². The SMILES string of the molecule is CCCCC(COCC)(C(=O)OCC)C(C)(C)C. The maximum Gasteiger partial charge on any atom is 0.314 e. The van der Waals surface area contributed by atoms with Crippen molar-refractivity contribution < 1.29 is 14.3 Å². The van der Waals surface area contributed by atoms with Gasteiger partial charge in [-0.25, -0.2) is 0 Å². The molecule has 0 aromatic carbocycles. The molecule has 0 saturated heterocycles. The lowest BCUT2D eigenvalue weighted by atomic mass is 9.64. The largest absolute Gasteiger partial charge is 0.465 e. The van der Waals surface area contributed by atoms with Gasteiger partial charge in [-0.1, -0.05) is 40.5 Å². The maximum atomic E-state index is 12.4. The first-order valence-electron chi connectivity index (χ1n) is 7.10. The van der Waals surface area contributed by atoms with Crippen molar-refractivity contribution in [3.8, 4) is 0 Å². The highest BCUT2D eigenvalue weighted by atomic mass is 16.5. The Bertz CT molecular complexity index is 233. The van der Waals surface area contributed by atoms with Crippen LogP contribution in [-0.4, -0.2) is 25.8 Å². The normalized spacial score (nSPS) is 15.2. The minimum absolute atomic E-state index is 0.112. The van der Waals surface area contributed by atoms with Crippen LogP contribution in [0.3, 0.4) is 0 Å². The molecule has 0 aromatic rings. The number of rotatable bonds is 8. The monoisotopic (exact) mass is 258 g/mol. The molecule has 3 heteroatoms. The van der Waals surface area contributed by atoms with E-state index in [4.69, 9.17) is 9.47 Å². The van der Waals surface area contributed by atoms with Crippen LogP contribution in [0.4, 0.5) is 0 Å². The molecule has 0 aromatic heterocycles. The van der Waals surface area contributed by atoms with Gasteiger partial charge in [0, 0.05) is 6.61 Å². The Morgan fingerprint density at radius 1 is 1.06 bits per heavy atom. The molecule has 1 unspecified atom stereocenters. The fraction of sp³-hybridized carbons (Fsp3) is 0.933. The zero-order chi connectivity index (χ0) is 14.2. The van der Waals surface area contributed by atoms with Gasteiger partial charge in [0.25, 0.3) is 0 Å². The first-order valence-corrected chi connectivity index (χ1v) is 7.10. The van der Waals surface area contributed by atoms with Crippen molar-refractivity contribution >= 4 is 5.97 Å². The first kappa shape index (κ1) is 17.4. The summed E-state index contributed by atoms with van der Waals surface area (Å²) < 4.78 is 10.9. The van der Waals surface area contributed by atoms with Gasteiger partial charge < -0.3 is 9.47 Å². The standard InChI is InChI=1S/C15H30O3/c1-7-10-11-15(12-17-8-2,14(4,5)6)13(16)18-9-3/h7-12H2,1-6H3. The first-order chi connectivity index (χ1) is 8.35. The Morgan fingerprint density at radius 3 is 2.06 bits per heavy atom. The summed E-state index contributed by atoms with van der Waals surface area (Å²) in [5, 5.41) is 0. The Labute approximate surface area is 112 Å². The predicted molar refractivity (Wildman–Crippen MR) is 74.5 cm³/mol. The van der Waals surface area contributed by atoms with E-state index >= 15 is 0 Å². The van der Waals surface area contributed by atoms with Gasteiger partial charge in [-0.2, -0.15) is 0 Å². The molecule has 0 amide bonds. The number of esters is 1. The fourth-order valence-corrected chi connectivity index (χ4v) is 2.15. The quantitative estimate of drug-likeness (QED) is 0.621. The van der Waals surface area contributed by atoms with E-state index in [1.807, 2.05) is 13.8 Å². The summed E-state index contributed by atoms with van der Waals surface area (Å²) in [4.78, 5) is 12.4. The van der Waals surface area contributed by atoms with Gasteiger partial charge in [-0.3, -0.25) is 4.79 Å². The van der Waals surface area contributed by atoms with Crippen molar-refractivity contribution in [1.29, 1.82) is 0 Å². The second-order valence-corrected chi connectivity index (χ2v) is 5.79. The number of hydrogen-bond acceptors (Lipinski definition) is 3. The van der Waals surface area contributed by atoms with Crippen LogP contribution in [0.1, 0.15) is 60.8 Å². The lowest BCUT2D eigenvalue weighted by Crippen LogP contribution is -2.48. The fourth-order valence-electron chi connectivity index (χ4n) is 2.15. The molecule has 0 saturated carbocycles. The molecular formula is C15H30O3. The van der Waals surface area contributed by atoms with Gasteiger partial charge in [0.2, 0.25) is 0 Å². The van der Waals surface area contributed by atoms with E-state index in [0.29, 0.717) is 19.8 Å². The van der Waals surface area contributed by atoms with E-state index in [1.54, 1.807) is 0 Å². The van der Waals surface area contributed by atoms with E-state index in [2.05, 4.69) is 27.7 Å². The molecule has 18 heavy (non-hydrogen) atoms. The van der Waals surface area contributed by atoms with E-state index in [9.17, 15) is 4.79 Å². The second-order valence-electron chi connectivity index (χ2n) is 5.79. The Morgan fingerprint density at radius 2 is 1.67 bits per heavy atom. The van der Waals surface area contributed by atoms with Gasteiger partial charge in [-0.05, 0) is 25.7 Å². The summed E-state index contributed by atoms with van der Waals surface area (Å²) in [6.07, 6.45) is 2.92. The zero-order valence-corrected chi connectivity index (χ0v) is 13.0. The van der Waals surface area contributed by atoms with Crippen molar-refractivity contribution in [1.82, 2.24) is 0 Å². The summed E-state index contributed by atoms with van der Waals surface area (Å²) in [6, 6.07) is 0. The Balaban J connectivity index is 5.18. The van der Waals surface area contributed by atoms with Crippen LogP contribution in [0, 0.1) is 10.8 Å². The van der Waals surface area contributed by atoms with Crippen molar-refractivity contribution in [3.05, 3.63) is 0 Å². The highest BCUT2D eigenvalue weighted by molar-refractivity contribution is 5.78. The van der Waals surface area contributed by atoms with Crippen LogP contribution in [-0.2, 0) is 14.3 Å². The molecule has 3 nitrogen and oxygen atoms in total. The third kappa shape index (κ3) is 4.27. The van der Waals surface area contributed by atoms with E-state index in [1.165, 1.54) is 0 Å². The molecule has 0 heterocycles. The molecule has 0 bridgehead atoms. The zero-order valence-electron chi connectivity index (χ0n) is 13.0. The van der Waals surface area contributed by atoms with Crippen LogP contribution in [0.15, 0.2) is 0 Å². The molecular weight excluding hydrogens is 228 g/mol. The van der Waals surface area contributed by atoms with Crippen LogP contribution < -0.4 is 0 Å². The summed E-state index contributed by atoms with van der Waals surface area (Å²) in [5.74, 6) is -0.112. The predicted octanol–water partition coefficient (Wildman–Crippen LogP) is 3.81. The minimum Gasteiger partial charge on any atom is -0.465 e. The van der Waals surface area contributed by atoms with Crippen LogP contribution in [0.2, 0.25) is 0 Å².